The highest BCUT2D eigenvalue weighted by Gasteiger charge is 2.20. The maximum absolute atomic E-state index is 13.9. The molecule has 3 rings (SSSR count). The van der Waals surface area contributed by atoms with Crippen LogP contribution >= 0.6 is 0 Å². The average molecular weight is 247 g/mol. The highest BCUT2D eigenvalue weighted by atomic mass is 19.1. The number of benzene rings is 2. The van der Waals surface area contributed by atoms with Gasteiger partial charge in [0.25, 0.3) is 0 Å². The fourth-order valence-electron chi connectivity index (χ4n) is 2.20. The molecule has 0 saturated carbocycles. The monoisotopic (exact) mass is 247 g/mol. The summed E-state index contributed by atoms with van der Waals surface area (Å²) >= 11 is 0. The third-order valence-electron chi connectivity index (χ3n) is 3.09. The van der Waals surface area contributed by atoms with Crippen LogP contribution in [0, 0.1) is 11.6 Å². The fraction of sp³-hybridized carbons (Fsp3) is 0.143. The van der Waals surface area contributed by atoms with Gasteiger partial charge in [0.2, 0.25) is 0 Å². The van der Waals surface area contributed by atoms with Crippen LogP contribution in [0.5, 0.6) is 5.75 Å². The molecular weight excluding hydrogens is 236 g/mol. The smallest absolute Gasteiger partial charge is 0.146 e. The van der Waals surface area contributed by atoms with E-state index in [0.29, 0.717) is 17.9 Å². The Balaban J connectivity index is 2.22. The number of nitrogens with two attached hydrogens (primary N) is 1. The van der Waals surface area contributed by atoms with Crippen LogP contribution in [-0.4, -0.2) is 6.61 Å². The molecule has 0 atom stereocenters. The summed E-state index contributed by atoms with van der Waals surface area (Å²) in [6.07, 6.45) is 0.794. The molecule has 0 spiro atoms. The SMILES string of the molecule is Nc1cc(F)c(-c2cccc3c2OCC3)cc1F. The van der Waals surface area contributed by atoms with Gasteiger partial charge in [0.1, 0.15) is 17.4 Å². The third-order valence-corrected chi connectivity index (χ3v) is 3.09. The lowest BCUT2D eigenvalue weighted by Gasteiger charge is -2.10. The minimum absolute atomic E-state index is 0.181. The average Bonchev–Trinajstić information content (AvgIpc) is 2.82. The lowest BCUT2D eigenvalue weighted by molar-refractivity contribution is 0.358. The van der Waals surface area contributed by atoms with Crippen LogP contribution in [0.4, 0.5) is 14.5 Å². The molecule has 0 radical (unpaired) electrons. The first-order valence-electron chi connectivity index (χ1n) is 5.66. The quantitative estimate of drug-likeness (QED) is 0.786. The summed E-state index contributed by atoms with van der Waals surface area (Å²) < 4.78 is 32.8. The van der Waals surface area contributed by atoms with E-state index in [1.54, 1.807) is 6.07 Å². The van der Waals surface area contributed by atoms with Gasteiger partial charge in [-0.2, -0.15) is 0 Å². The van der Waals surface area contributed by atoms with E-state index < -0.39 is 11.6 Å². The van der Waals surface area contributed by atoms with Crippen molar-refractivity contribution in [2.24, 2.45) is 0 Å². The van der Waals surface area contributed by atoms with Crippen LogP contribution in [0.3, 0.4) is 0 Å². The Kier molecular flexibility index (Phi) is 2.44. The Morgan fingerprint density at radius 2 is 1.89 bits per heavy atom. The molecule has 0 unspecified atom stereocenters. The summed E-state index contributed by atoms with van der Waals surface area (Å²) in [5.41, 5.74) is 6.91. The van der Waals surface area contributed by atoms with Gasteiger partial charge in [-0.15, -0.1) is 0 Å². The predicted octanol–water partition coefficient (Wildman–Crippen LogP) is 3.15. The molecule has 0 aliphatic carbocycles. The summed E-state index contributed by atoms with van der Waals surface area (Å²) in [6.45, 7) is 0.575. The maximum atomic E-state index is 13.9. The minimum atomic E-state index is -0.623. The zero-order valence-corrected chi connectivity index (χ0v) is 9.54. The van der Waals surface area contributed by atoms with Crippen molar-refractivity contribution in [1.29, 1.82) is 0 Å². The molecule has 2 nitrogen and oxygen atoms in total. The molecule has 4 heteroatoms. The number of hydrogen-bond acceptors (Lipinski definition) is 2. The lowest BCUT2D eigenvalue weighted by Crippen LogP contribution is -1.96. The fourth-order valence-corrected chi connectivity index (χ4v) is 2.20. The van der Waals surface area contributed by atoms with E-state index in [-0.39, 0.29) is 11.3 Å². The molecule has 92 valence electrons. The number of hydrogen-bond donors (Lipinski definition) is 1. The van der Waals surface area contributed by atoms with Crippen molar-refractivity contribution in [2.75, 3.05) is 12.3 Å². The summed E-state index contributed by atoms with van der Waals surface area (Å²) in [4.78, 5) is 0. The summed E-state index contributed by atoms with van der Waals surface area (Å²) in [5.74, 6) is -0.527. The van der Waals surface area contributed by atoms with E-state index >= 15 is 0 Å². The molecule has 0 saturated heterocycles. The van der Waals surface area contributed by atoms with Crippen LogP contribution in [0.1, 0.15) is 5.56 Å². The number of para-hydroxylation sites is 1. The van der Waals surface area contributed by atoms with E-state index in [4.69, 9.17) is 10.5 Å². The van der Waals surface area contributed by atoms with E-state index in [9.17, 15) is 8.78 Å². The highest BCUT2D eigenvalue weighted by Crippen LogP contribution is 2.38. The van der Waals surface area contributed by atoms with Gasteiger partial charge < -0.3 is 10.5 Å². The molecule has 1 heterocycles. The molecule has 1 aliphatic heterocycles. The number of ether oxygens (including phenoxy) is 1. The Labute approximate surface area is 103 Å². The summed E-state index contributed by atoms with van der Waals surface area (Å²) in [5, 5.41) is 0. The van der Waals surface area contributed by atoms with Crippen molar-refractivity contribution in [2.45, 2.75) is 6.42 Å². The van der Waals surface area contributed by atoms with Crippen LogP contribution in [0.25, 0.3) is 11.1 Å². The second kappa shape index (κ2) is 3.98. The third kappa shape index (κ3) is 1.61. The molecule has 2 aromatic carbocycles. The number of rotatable bonds is 1. The van der Waals surface area contributed by atoms with E-state index in [1.807, 2.05) is 12.1 Å². The molecule has 2 N–H and O–H groups in total. The Morgan fingerprint density at radius 1 is 1.06 bits per heavy atom. The van der Waals surface area contributed by atoms with Crippen LogP contribution < -0.4 is 10.5 Å². The van der Waals surface area contributed by atoms with Crippen molar-refractivity contribution in [3.63, 3.8) is 0 Å². The molecule has 0 bridgehead atoms. The Bertz CT molecular complexity index is 625. The van der Waals surface area contributed by atoms with E-state index in [0.717, 1.165) is 24.1 Å². The van der Waals surface area contributed by atoms with Gasteiger partial charge in [0, 0.05) is 23.6 Å². The number of fused-ring (bicyclic) bond motifs is 1. The summed E-state index contributed by atoms with van der Waals surface area (Å²) in [6, 6.07) is 7.58. The van der Waals surface area contributed by atoms with Crippen LogP contribution in [0.15, 0.2) is 30.3 Å². The highest BCUT2D eigenvalue weighted by molar-refractivity contribution is 5.74. The van der Waals surface area contributed by atoms with Gasteiger partial charge in [-0.3, -0.25) is 0 Å². The summed E-state index contributed by atoms with van der Waals surface area (Å²) in [7, 11) is 0. The number of anilines is 1. The Hall–Kier alpha value is -2.10. The molecule has 0 fully saturated rings. The van der Waals surface area contributed by atoms with Gasteiger partial charge >= 0.3 is 0 Å². The molecular formula is C14H11F2NO. The van der Waals surface area contributed by atoms with Crippen molar-refractivity contribution in [3.05, 3.63) is 47.5 Å². The molecule has 18 heavy (non-hydrogen) atoms. The topological polar surface area (TPSA) is 35.2 Å². The van der Waals surface area contributed by atoms with Gasteiger partial charge in [0.15, 0.2) is 0 Å². The second-order valence-electron chi connectivity index (χ2n) is 4.25. The van der Waals surface area contributed by atoms with Gasteiger partial charge in [-0.05, 0) is 11.6 Å². The largest absolute Gasteiger partial charge is 0.492 e. The van der Waals surface area contributed by atoms with Crippen molar-refractivity contribution in [3.8, 4) is 16.9 Å². The molecule has 1 aliphatic rings. The van der Waals surface area contributed by atoms with Gasteiger partial charge in [0.05, 0.1) is 12.3 Å². The second-order valence-corrected chi connectivity index (χ2v) is 4.25. The van der Waals surface area contributed by atoms with Crippen molar-refractivity contribution >= 4 is 5.69 Å². The first-order valence-corrected chi connectivity index (χ1v) is 5.66. The maximum Gasteiger partial charge on any atom is 0.146 e. The number of halogens is 2. The Morgan fingerprint density at radius 3 is 2.72 bits per heavy atom. The first kappa shape index (κ1) is 11.0. The van der Waals surface area contributed by atoms with Crippen molar-refractivity contribution in [1.82, 2.24) is 0 Å². The molecule has 2 aromatic rings. The number of nitrogen functional groups attached to an aromatic ring is 1. The van der Waals surface area contributed by atoms with Crippen LogP contribution in [-0.2, 0) is 6.42 Å². The normalized spacial score (nSPS) is 13.2. The van der Waals surface area contributed by atoms with Crippen LogP contribution in [0.2, 0.25) is 0 Å². The van der Waals surface area contributed by atoms with E-state index in [2.05, 4.69) is 0 Å². The van der Waals surface area contributed by atoms with Gasteiger partial charge in [-0.25, -0.2) is 8.78 Å². The lowest BCUT2D eigenvalue weighted by atomic mass is 10.0. The molecule has 0 aromatic heterocycles. The standard InChI is InChI=1S/C14H11F2NO/c15-11-7-13(17)12(16)6-10(11)9-3-1-2-8-4-5-18-14(8)9/h1-3,6-7H,4-5,17H2. The minimum Gasteiger partial charge on any atom is -0.492 e. The zero-order valence-electron chi connectivity index (χ0n) is 9.54. The molecule has 0 amide bonds. The zero-order chi connectivity index (χ0) is 12.7. The first-order chi connectivity index (χ1) is 8.66. The van der Waals surface area contributed by atoms with E-state index in [1.165, 1.54) is 0 Å². The van der Waals surface area contributed by atoms with Crippen molar-refractivity contribution < 1.29 is 13.5 Å². The predicted molar refractivity (Wildman–Crippen MR) is 65.4 cm³/mol. The van der Waals surface area contributed by atoms with Gasteiger partial charge in [-0.1, -0.05) is 18.2 Å².